The van der Waals surface area contributed by atoms with Crippen LogP contribution in [0.25, 0.3) is 22.4 Å². The van der Waals surface area contributed by atoms with Crippen LogP contribution in [0.2, 0.25) is 0 Å². The molecule has 2 heterocycles. The molecule has 0 saturated heterocycles. The first-order valence-corrected chi connectivity index (χ1v) is 5.75. The number of rotatable bonds is 2. The highest BCUT2D eigenvalue weighted by molar-refractivity contribution is 5.91. The lowest BCUT2D eigenvalue weighted by Gasteiger charge is -1.92. The number of fused-ring (bicyclic) bond motifs is 3. The zero-order valence-electron chi connectivity index (χ0n) is 10.9. The number of hydrogen-bond acceptors (Lipinski definition) is 5. The summed E-state index contributed by atoms with van der Waals surface area (Å²) in [7, 11) is 3.64. The molecule has 0 atom stereocenters. The molecule has 0 bridgehead atoms. The zero-order valence-corrected chi connectivity index (χ0v) is 11.7. The van der Waals surface area contributed by atoms with Gasteiger partial charge in [-0.1, -0.05) is 6.07 Å². The van der Waals surface area contributed by atoms with Crippen LogP contribution in [0.5, 0.6) is 0 Å². The fourth-order valence-electron chi connectivity index (χ4n) is 1.99. The molecule has 3 N–H and O–H groups in total. The van der Waals surface area contributed by atoms with Gasteiger partial charge >= 0.3 is 0 Å². The fraction of sp³-hybridized carbons (Fsp3) is 0.250. The number of aromatic amines is 1. The van der Waals surface area contributed by atoms with Crippen LogP contribution in [-0.2, 0) is 0 Å². The first-order chi connectivity index (χ1) is 8.72. The Morgan fingerprint density at radius 2 is 1.74 bits per heavy atom. The summed E-state index contributed by atoms with van der Waals surface area (Å²) in [5, 5.41) is 5.96. The predicted octanol–water partition coefficient (Wildman–Crippen LogP) is 2.27. The molecule has 2 aliphatic rings. The molecule has 0 spiro atoms. The maximum Gasteiger partial charge on any atom is 0.223 e. The van der Waals surface area contributed by atoms with Gasteiger partial charge in [-0.15, -0.1) is 12.4 Å². The van der Waals surface area contributed by atoms with E-state index in [9.17, 15) is 0 Å². The molecule has 1 aliphatic heterocycles. The monoisotopic (exact) mass is 278 g/mol. The van der Waals surface area contributed by atoms with E-state index in [1.54, 1.807) is 0 Å². The van der Waals surface area contributed by atoms with Crippen LogP contribution in [0.3, 0.4) is 0 Å². The van der Waals surface area contributed by atoms with Crippen LogP contribution in [0.1, 0.15) is 5.56 Å². The van der Waals surface area contributed by atoms with E-state index in [1.807, 2.05) is 33.2 Å². The van der Waals surface area contributed by atoms with E-state index in [4.69, 9.17) is 0 Å². The number of nitrogens with zero attached hydrogens (tertiary/aromatic N) is 3. The molecule has 0 radical (unpaired) electrons. The predicted molar refractivity (Wildman–Crippen MR) is 79.4 cm³/mol. The second kappa shape index (κ2) is 4.89. The first kappa shape index (κ1) is 13.4. The Hall–Kier alpha value is -2.08. The van der Waals surface area contributed by atoms with Gasteiger partial charge in [0.1, 0.15) is 11.2 Å². The average Bonchev–Trinajstić information content (AvgIpc) is 2.96. The number of anilines is 2. The van der Waals surface area contributed by atoms with Crippen LogP contribution in [0, 0.1) is 6.92 Å². The van der Waals surface area contributed by atoms with Gasteiger partial charge in [0.05, 0.1) is 11.2 Å². The van der Waals surface area contributed by atoms with Crippen LogP contribution < -0.4 is 10.6 Å². The average molecular weight is 279 g/mol. The van der Waals surface area contributed by atoms with E-state index in [2.05, 4.69) is 30.6 Å². The normalized spacial score (nSPS) is 10.5. The quantitative estimate of drug-likeness (QED) is 0.670. The zero-order chi connectivity index (χ0) is 12.7. The lowest BCUT2D eigenvalue weighted by Crippen LogP contribution is -1.89. The van der Waals surface area contributed by atoms with Crippen LogP contribution in [0.4, 0.5) is 11.9 Å². The van der Waals surface area contributed by atoms with Crippen molar-refractivity contribution in [1.29, 1.82) is 0 Å². The van der Waals surface area contributed by atoms with E-state index < -0.39 is 0 Å². The highest BCUT2D eigenvalue weighted by Crippen LogP contribution is 2.30. The Balaban J connectivity index is 0.00000133. The van der Waals surface area contributed by atoms with Crippen molar-refractivity contribution >= 4 is 35.3 Å². The summed E-state index contributed by atoms with van der Waals surface area (Å²) in [6.07, 6.45) is 0. The number of aryl methyl sites for hydroxylation is 1. The Morgan fingerprint density at radius 3 is 2.42 bits per heavy atom. The van der Waals surface area contributed by atoms with Crippen LogP contribution in [0.15, 0.2) is 12.1 Å². The van der Waals surface area contributed by atoms with Crippen molar-refractivity contribution in [2.24, 2.45) is 0 Å². The third kappa shape index (κ3) is 2.04. The van der Waals surface area contributed by atoms with E-state index in [0.717, 1.165) is 33.9 Å². The topological polar surface area (TPSA) is 78.5 Å². The highest BCUT2D eigenvalue weighted by Gasteiger charge is 2.17. The maximum atomic E-state index is 4.49. The molecule has 6 nitrogen and oxygen atoms in total. The Bertz CT molecular complexity index is 692. The molecule has 0 fully saturated rings. The minimum Gasteiger partial charge on any atom is -0.359 e. The number of nitrogens with one attached hydrogen (secondary N) is 3. The van der Waals surface area contributed by atoms with Gasteiger partial charge < -0.3 is 15.6 Å². The molecule has 3 rings (SSSR count). The smallest absolute Gasteiger partial charge is 0.223 e. The van der Waals surface area contributed by atoms with Gasteiger partial charge in [0.2, 0.25) is 11.9 Å². The summed E-state index contributed by atoms with van der Waals surface area (Å²) in [5.41, 5.74) is 4.55. The molecule has 19 heavy (non-hydrogen) atoms. The minimum atomic E-state index is 0. The van der Waals surface area contributed by atoms with E-state index in [0.29, 0.717) is 5.95 Å². The summed E-state index contributed by atoms with van der Waals surface area (Å²) in [6, 6.07) is 4.03. The SMILES string of the molecule is CNc1nc2c(C)ccc3[nH]c(NC)nc3c-2n1.Cl. The number of imidazole rings is 2. The molecular formula is C12H15ClN6. The molecule has 100 valence electrons. The van der Waals surface area contributed by atoms with Crippen molar-refractivity contribution < 1.29 is 0 Å². The summed E-state index contributed by atoms with van der Waals surface area (Å²) >= 11 is 0. The second-order valence-electron chi connectivity index (χ2n) is 4.11. The summed E-state index contributed by atoms with van der Waals surface area (Å²) < 4.78 is 0. The number of hydrogen-bond donors (Lipinski definition) is 3. The van der Waals surface area contributed by atoms with Crippen LogP contribution >= 0.6 is 12.4 Å². The molecule has 0 aromatic carbocycles. The van der Waals surface area contributed by atoms with Gasteiger partial charge in [-0.05, 0) is 18.6 Å². The van der Waals surface area contributed by atoms with Gasteiger partial charge in [0.25, 0.3) is 0 Å². The van der Waals surface area contributed by atoms with Gasteiger partial charge in [0, 0.05) is 14.1 Å². The van der Waals surface area contributed by atoms with Crippen molar-refractivity contribution in [2.45, 2.75) is 6.92 Å². The standard InChI is InChI=1S/C12H14N6.ClH/c1-6-4-5-7-9(17-11(13-2)15-7)10-8(6)16-12(14-3)18-10;/h4-5H,1-3H3,(H2,13,15,17)(H,14,16,18);1H. The summed E-state index contributed by atoms with van der Waals surface area (Å²) in [4.78, 5) is 16.6. The van der Waals surface area contributed by atoms with Crippen LogP contribution in [-0.4, -0.2) is 34.0 Å². The van der Waals surface area contributed by atoms with Crippen molar-refractivity contribution in [2.75, 3.05) is 24.7 Å². The van der Waals surface area contributed by atoms with E-state index in [1.165, 1.54) is 0 Å². The molecule has 0 saturated carbocycles. The molecule has 0 unspecified atom stereocenters. The Labute approximate surface area is 116 Å². The third-order valence-electron chi connectivity index (χ3n) is 2.95. The largest absolute Gasteiger partial charge is 0.359 e. The number of aromatic nitrogens is 4. The molecule has 1 aromatic rings. The molecule has 7 heteroatoms. The van der Waals surface area contributed by atoms with Gasteiger partial charge in [0.15, 0.2) is 0 Å². The van der Waals surface area contributed by atoms with Crippen molar-refractivity contribution in [3.63, 3.8) is 0 Å². The molecule has 1 aliphatic carbocycles. The van der Waals surface area contributed by atoms with E-state index >= 15 is 0 Å². The molecule has 0 amide bonds. The maximum absolute atomic E-state index is 4.49. The fourth-order valence-corrected chi connectivity index (χ4v) is 1.99. The minimum absolute atomic E-state index is 0. The third-order valence-corrected chi connectivity index (χ3v) is 2.95. The summed E-state index contributed by atoms with van der Waals surface area (Å²) in [6.45, 7) is 2.02. The van der Waals surface area contributed by atoms with Gasteiger partial charge in [-0.3, -0.25) is 0 Å². The number of halogens is 1. The first-order valence-electron chi connectivity index (χ1n) is 5.75. The number of H-pyrrole nitrogens is 1. The molecule has 1 aromatic heterocycles. The molecular weight excluding hydrogens is 264 g/mol. The second-order valence-corrected chi connectivity index (χ2v) is 4.11. The van der Waals surface area contributed by atoms with Gasteiger partial charge in [-0.25, -0.2) is 15.0 Å². The van der Waals surface area contributed by atoms with E-state index in [-0.39, 0.29) is 12.4 Å². The van der Waals surface area contributed by atoms with Crippen molar-refractivity contribution in [1.82, 2.24) is 19.9 Å². The Morgan fingerprint density at radius 1 is 1.00 bits per heavy atom. The van der Waals surface area contributed by atoms with Gasteiger partial charge in [-0.2, -0.15) is 0 Å². The highest BCUT2D eigenvalue weighted by atomic mass is 35.5. The lowest BCUT2D eigenvalue weighted by molar-refractivity contribution is 1.27. The lowest BCUT2D eigenvalue weighted by atomic mass is 10.2. The van der Waals surface area contributed by atoms with Crippen molar-refractivity contribution in [3.05, 3.63) is 17.7 Å². The Kier molecular flexibility index (Phi) is 3.44. The van der Waals surface area contributed by atoms with Crippen molar-refractivity contribution in [3.8, 4) is 11.4 Å². The summed E-state index contributed by atoms with van der Waals surface area (Å²) in [5.74, 6) is 1.35.